The number of nitriles is 1. The van der Waals surface area contributed by atoms with Crippen molar-refractivity contribution in [1.82, 2.24) is 5.32 Å². The van der Waals surface area contributed by atoms with Crippen LogP contribution in [0.4, 0.5) is 4.39 Å². The average molecular weight is 342 g/mol. The summed E-state index contributed by atoms with van der Waals surface area (Å²) in [5, 5.41) is 12.1. The molecule has 2 atom stereocenters. The van der Waals surface area contributed by atoms with Gasteiger partial charge >= 0.3 is 5.97 Å². The first-order valence-electron chi connectivity index (χ1n) is 7.68. The van der Waals surface area contributed by atoms with Gasteiger partial charge in [-0.05, 0) is 36.8 Å². The van der Waals surface area contributed by atoms with Crippen LogP contribution in [-0.4, -0.2) is 20.2 Å². The molecule has 0 unspecified atom stereocenters. The number of carbonyl (C=O) groups is 1. The number of hydrogen-bond donors (Lipinski definition) is 1. The summed E-state index contributed by atoms with van der Waals surface area (Å²) in [5.74, 6) is -0.583. The van der Waals surface area contributed by atoms with Crippen LogP contribution in [0.25, 0.3) is 0 Å². The molecule has 0 spiro atoms. The third kappa shape index (κ3) is 4.14. The third-order valence-electron chi connectivity index (χ3n) is 3.87. The van der Waals surface area contributed by atoms with Crippen LogP contribution in [0.3, 0.4) is 0 Å². The molecule has 0 aliphatic heterocycles. The standard InChI is InChI=1S/C19H19FN2O3/c1-12(17-15(20)8-5-9-16(17)24-2)22-18(19(23)25-3)14-7-4-6-13(10-14)11-21/h4-10,12,18,22H,1-3H3/t12-,18+/m0/s1. The van der Waals surface area contributed by atoms with Gasteiger partial charge in [0.05, 0.1) is 25.9 Å². The molecule has 0 saturated carbocycles. The third-order valence-corrected chi connectivity index (χ3v) is 3.87. The van der Waals surface area contributed by atoms with Gasteiger partial charge in [0.1, 0.15) is 17.6 Å². The molecule has 0 bridgehead atoms. The molecule has 0 heterocycles. The minimum atomic E-state index is -0.849. The molecule has 0 aromatic heterocycles. The highest BCUT2D eigenvalue weighted by Crippen LogP contribution is 2.30. The van der Waals surface area contributed by atoms with Crippen molar-refractivity contribution in [2.75, 3.05) is 14.2 Å². The molecule has 6 heteroatoms. The molecule has 2 aromatic carbocycles. The molecule has 0 amide bonds. The van der Waals surface area contributed by atoms with E-state index in [2.05, 4.69) is 5.32 Å². The predicted molar refractivity (Wildman–Crippen MR) is 90.4 cm³/mol. The largest absolute Gasteiger partial charge is 0.496 e. The van der Waals surface area contributed by atoms with Crippen molar-refractivity contribution in [3.63, 3.8) is 0 Å². The van der Waals surface area contributed by atoms with Gasteiger partial charge in [-0.1, -0.05) is 18.2 Å². The Balaban J connectivity index is 2.38. The molecule has 25 heavy (non-hydrogen) atoms. The Kier molecular flexibility index (Phi) is 6.09. The van der Waals surface area contributed by atoms with Gasteiger partial charge in [0, 0.05) is 11.6 Å². The molecule has 2 aromatic rings. The maximum absolute atomic E-state index is 14.3. The molecule has 0 saturated heterocycles. The van der Waals surface area contributed by atoms with Gasteiger partial charge in [-0.2, -0.15) is 5.26 Å². The number of hydrogen-bond acceptors (Lipinski definition) is 5. The summed E-state index contributed by atoms with van der Waals surface area (Å²) in [6.45, 7) is 1.73. The SMILES string of the molecule is COC(=O)[C@H](N[C@@H](C)c1c(F)cccc1OC)c1cccc(C#N)c1. The van der Waals surface area contributed by atoms with E-state index < -0.39 is 23.9 Å². The van der Waals surface area contributed by atoms with Crippen LogP contribution >= 0.6 is 0 Å². The fourth-order valence-corrected chi connectivity index (χ4v) is 2.65. The second kappa shape index (κ2) is 8.27. The zero-order valence-corrected chi connectivity index (χ0v) is 14.2. The van der Waals surface area contributed by atoms with Crippen molar-refractivity contribution in [2.45, 2.75) is 19.0 Å². The molecule has 5 nitrogen and oxygen atoms in total. The van der Waals surface area contributed by atoms with Crippen molar-refractivity contribution in [2.24, 2.45) is 0 Å². The highest BCUT2D eigenvalue weighted by atomic mass is 19.1. The fourth-order valence-electron chi connectivity index (χ4n) is 2.65. The van der Waals surface area contributed by atoms with Crippen LogP contribution in [0, 0.1) is 17.1 Å². The van der Waals surface area contributed by atoms with Gasteiger partial charge in [-0.15, -0.1) is 0 Å². The van der Waals surface area contributed by atoms with E-state index >= 15 is 0 Å². The molecule has 0 radical (unpaired) electrons. The lowest BCUT2D eigenvalue weighted by atomic mass is 10.0. The van der Waals surface area contributed by atoms with Crippen molar-refractivity contribution >= 4 is 5.97 Å². The zero-order valence-electron chi connectivity index (χ0n) is 14.2. The van der Waals surface area contributed by atoms with Crippen LogP contribution in [0.15, 0.2) is 42.5 Å². The van der Waals surface area contributed by atoms with Gasteiger partial charge < -0.3 is 9.47 Å². The maximum Gasteiger partial charge on any atom is 0.327 e. The summed E-state index contributed by atoms with van der Waals surface area (Å²) < 4.78 is 24.3. The average Bonchev–Trinajstić information content (AvgIpc) is 2.64. The summed E-state index contributed by atoms with van der Waals surface area (Å²) in [4.78, 5) is 12.2. The van der Waals surface area contributed by atoms with Gasteiger partial charge in [0.25, 0.3) is 0 Å². The Labute approximate surface area is 146 Å². The molecule has 0 aliphatic carbocycles. The van der Waals surface area contributed by atoms with Crippen molar-refractivity contribution in [1.29, 1.82) is 5.26 Å². The summed E-state index contributed by atoms with van der Waals surface area (Å²) >= 11 is 0. The Bertz CT molecular complexity index is 801. The first-order chi connectivity index (χ1) is 12.0. The Morgan fingerprint density at radius 2 is 1.96 bits per heavy atom. The van der Waals surface area contributed by atoms with E-state index in [1.165, 1.54) is 20.3 Å². The quantitative estimate of drug-likeness (QED) is 0.816. The van der Waals surface area contributed by atoms with E-state index in [1.54, 1.807) is 43.3 Å². The predicted octanol–water partition coefficient (Wildman–Crippen LogP) is 3.27. The number of esters is 1. The second-order valence-electron chi connectivity index (χ2n) is 5.44. The summed E-state index contributed by atoms with van der Waals surface area (Å²) in [6.07, 6.45) is 0. The molecule has 0 aliphatic rings. The van der Waals surface area contributed by atoms with E-state index in [1.807, 2.05) is 6.07 Å². The van der Waals surface area contributed by atoms with Crippen LogP contribution in [-0.2, 0) is 9.53 Å². The van der Waals surface area contributed by atoms with Crippen LogP contribution in [0.5, 0.6) is 5.75 Å². The molecular formula is C19H19FN2O3. The van der Waals surface area contributed by atoms with Gasteiger partial charge in [-0.3, -0.25) is 5.32 Å². The van der Waals surface area contributed by atoms with E-state index in [9.17, 15) is 9.18 Å². The minimum absolute atomic E-state index is 0.315. The highest BCUT2D eigenvalue weighted by Gasteiger charge is 2.26. The zero-order chi connectivity index (χ0) is 18.4. The Hall–Kier alpha value is -2.91. The number of nitrogens with zero attached hydrogens (tertiary/aromatic N) is 1. The van der Waals surface area contributed by atoms with Gasteiger partial charge in [0.2, 0.25) is 0 Å². The maximum atomic E-state index is 14.3. The fraction of sp³-hybridized carbons (Fsp3) is 0.263. The minimum Gasteiger partial charge on any atom is -0.496 e. The highest BCUT2D eigenvalue weighted by molar-refractivity contribution is 5.77. The number of benzene rings is 2. The van der Waals surface area contributed by atoms with Gasteiger partial charge in [-0.25, -0.2) is 9.18 Å². The lowest BCUT2D eigenvalue weighted by Gasteiger charge is -2.24. The van der Waals surface area contributed by atoms with Crippen LogP contribution < -0.4 is 10.1 Å². The summed E-state index contributed by atoms with van der Waals surface area (Å²) in [5.41, 5.74) is 1.30. The number of methoxy groups -OCH3 is 2. The molecule has 130 valence electrons. The van der Waals surface area contributed by atoms with E-state index in [0.29, 0.717) is 22.4 Å². The summed E-state index contributed by atoms with van der Waals surface area (Å²) in [6, 6.07) is 11.8. The Morgan fingerprint density at radius 1 is 1.24 bits per heavy atom. The topological polar surface area (TPSA) is 71.3 Å². The Morgan fingerprint density at radius 3 is 2.60 bits per heavy atom. The summed E-state index contributed by atoms with van der Waals surface area (Å²) in [7, 11) is 2.73. The van der Waals surface area contributed by atoms with E-state index in [4.69, 9.17) is 14.7 Å². The van der Waals surface area contributed by atoms with Crippen molar-refractivity contribution in [3.8, 4) is 11.8 Å². The van der Waals surface area contributed by atoms with Crippen LogP contribution in [0.1, 0.15) is 35.7 Å². The smallest absolute Gasteiger partial charge is 0.327 e. The van der Waals surface area contributed by atoms with Gasteiger partial charge in [0.15, 0.2) is 0 Å². The second-order valence-corrected chi connectivity index (χ2v) is 5.44. The number of ether oxygens (including phenoxy) is 2. The molecule has 2 rings (SSSR count). The molecule has 1 N–H and O–H groups in total. The molecule has 0 fully saturated rings. The monoisotopic (exact) mass is 342 g/mol. The molecular weight excluding hydrogens is 323 g/mol. The van der Waals surface area contributed by atoms with E-state index in [-0.39, 0.29) is 0 Å². The van der Waals surface area contributed by atoms with Crippen molar-refractivity contribution < 1.29 is 18.7 Å². The van der Waals surface area contributed by atoms with Crippen molar-refractivity contribution in [3.05, 3.63) is 65.0 Å². The normalized spacial score (nSPS) is 12.8. The lowest BCUT2D eigenvalue weighted by Crippen LogP contribution is -2.32. The number of carbonyl (C=O) groups excluding carboxylic acids is 1. The van der Waals surface area contributed by atoms with Crippen LogP contribution in [0.2, 0.25) is 0 Å². The number of rotatable bonds is 6. The first-order valence-corrected chi connectivity index (χ1v) is 7.68. The van der Waals surface area contributed by atoms with E-state index in [0.717, 1.165) is 0 Å². The first kappa shape index (κ1) is 18.4. The lowest BCUT2D eigenvalue weighted by molar-refractivity contribution is -0.143. The number of nitrogens with one attached hydrogen (secondary N) is 1. The number of halogens is 1.